The van der Waals surface area contributed by atoms with Crippen molar-refractivity contribution in [1.29, 1.82) is 0 Å². The van der Waals surface area contributed by atoms with E-state index in [-0.39, 0.29) is 47.5 Å². The molecule has 0 radical (unpaired) electrons. The van der Waals surface area contributed by atoms with E-state index in [1.54, 1.807) is 0 Å². The van der Waals surface area contributed by atoms with Crippen LogP contribution in [0.4, 0.5) is 10.1 Å². The van der Waals surface area contributed by atoms with Crippen LogP contribution in [-0.4, -0.2) is 60.5 Å². The number of carbonyl (C=O) groups is 5. The van der Waals surface area contributed by atoms with Crippen LogP contribution in [0.3, 0.4) is 0 Å². The number of benzene rings is 1. The van der Waals surface area contributed by atoms with Gasteiger partial charge < -0.3 is 5.32 Å². The number of hydrogen-bond acceptors (Lipinski definition) is 8. The largest absolute Gasteiger partial charge is 0.324 e. The highest BCUT2D eigenvalue weighted by Crippen LogP contribution is 2.32. The van der Waals surface area contributed by atoms with E-state index in [2.05, 4.69) is 25.9 Å². The summed E-state index contributed by atoms with van der Waals surface area (Å²) in [7, 11) is 0. The fraction of sp³-hybridized carbons (Fsp3) is 0.182. The number of nitrogens with one attached hydrogen (secondary N) is 2. The fourth-order valence-corrected chi connectivity index (χ4v) is 4.04. The van der Waals surface area contributed by atoms with E-state index < -0.39 is 41.4 Å². The molecule has 0 saturated carbocycles. The van der Waals surface area contributed by atoms with E-state index in [4.69, 9.17) is 0 Å². The van der Waals surface area contributed by atoms with Gasteiger partial charge in [-0.25, -0.2) is 9.07 Å². The molecule has 0 bridgehead atoms. The Morgan fingerprint density at radius 3 is 2.74 bits per heavy atom. The van der Waals surface area contributed by atoms with E-state index >= 15 is 0 Å². The van der Waals surface area contributed by atoms with E-state index in [0.29, 0.717) is 0 Å². The highest BCUT2D eigenvalue weighted by Gasteiger charge is 2.45. The van der Waals surface area contributed by atoms with Crippen LogP contribution in [0.15, 0.2) is 42.9 Å². The van der Waals surface area contributed by atoms with Gasteiger partial charge in [0.25, 0.3) is 11.8 Å². The third-order valence-corrected chi connectivity index (χ3v) is 5.63. The Morgan fingerprint density at radius 2 is 1.97 bits per heavy atom. The molecule has 3 aromatic rings. The van der Waals surface area contributed by atoms with Gasteiger partial charge in [0.05, 0.1) is 29.2 Å². The number of imide groups is 2. The van der Waals surface area contributed by atoms with E-state index in [1.165, 1.54) is 41.3 Å². The number of anilines is 1. The predicted octanol–water partition coefficient (Wildman–Crippen LogP) is 0.519. The number of nitrogens with zero attached hydrogens (tertiary/aromatic N) is 5. The van der Waals surface area contributed by atoms with Gasteiger partial charge in [-0.2, -0.15) is 0 Å². The zero-order valence-electron chi connectivity index (χ0n) is 17.9. The summed E-state index contributed by atoms with van der Waals surface area (Å²) in [5, 5.41) is 12.4. The van der Waals surface area contributed by atoms with Gasteiger partial charge in [-0.05, 0) is 24.6 Å². The van der Waals surface area contributed by atoms with Crippen LogP contribution in [0.25, 0.3) is 11.3 Å². The van der Waals surface area contributed by atoms with Crippen molar-refractivity contribution < 1.29 is 28.4 Å². The number of pyridine rings is 1. The molecule has 35 heavy (non-hydrogen) atoms. The van der Waals surface area contributed by atoms with Crippen LogP contribution < -0.4 is 10.6 Å². The third kappa shape index (κ3) is 3.92. The molecule has 2 aliphatic rings. The van der Waals surface area contributed by atoms with Crippen molar-refractivity contribution in [3.63, 3.8) is 0 Å². The van der Waals surface area contributed by atoms with Crippen LogP contribution >= 0.6 is 0 Å². The Morgan fingerprint density at radius 1 is 1.14 bits per heavy atom. The van der Waals surface area contributed by atoms with Crippen molar-refractivity contribution in [2.24, 2.45) is 0 Å². The van der Waals surface area contributed by atoms with Crippen molar-refractivity contribution in [2.75, 3.05) is 5.32 Å². The molecule has 13 heteroatoms. The van der Waals surface area contributed by atoms with Gasteiger partial charge >= 0.3 is 0 Å². The summed E-state index contributed by atoms with van der Waals surface area (Å²) in [4.78, 5) is 66.8. The van der Waals surface area contributed by atoms with Crippen LogP contribution in [-0.2, 0) is 20.9 Å². The first kappa shape index (κ1) is 22.0. The molecular weight excluding hydrogens is 461 g/mol. The maximum Gasteiger partial charge on any atom is 0.264 e. The third-order valence-electron chi connectivity index (χ3n) is 5.63. The molecule has 2 aliphatic heterocycles. The average molecular weight is 477 g/mol. The SMILES string of the molecule is O=C1CCC(N2C(=O)c3cccc(NC(=O)Cn4cc(-c5ccncc5F)nn4)c3C2=O)C(=O)N1. The van der Waals surface area contributed by atoms with E-state index in [9.17, 15) is 28.4 Å². The number of piperidine rings is 1. The number of halogens is 1. The second kappa shape index (κ2) is 8.52. The normalized spacial score (nSPS) is 17.4. The molecule has 1 unspecified atom stereocenters. The first-order valence-electron chi connectivity index (χ1n) is 10.5. The lowest BCUT2D eigenvalue weighted by Gasteiger charge is -2.27. The predicted molar refractivity (Wildman–Crippen MR) is 115 cm³/mol. The maximum atomic E-state index is 13.9. The molecule has 0 spiro atoms. The summed E-state index contributed by atoms with van der Waals surface area (Å²) in [6.07, 6.45) is 3.83. The lowest BCUT2D eigenvalue weighted by atomic mass is 10.0. The quantitative estimate of drug-likeness (QED) is 0.504. The fourth-order valence-electron chi connectivity index (χ4n) is 4.04. The van der Waals surface area contributed by atoms with Crippen molar-refractivity contribution in [2.45, 2.75) is 25.4 Å². The van der Waals surface area contributed by atoms with Gasteiger partial charge in [0.2, 0.25) is 17.7 Å². The Bertz CT molecular complexity index is 1420. The zero-order valence-corrected chi connectivity index (χ0v) is 17.9. The summed E-state index contributed by atoms with van der Waals surface area (Å²) >= 11 is 0. The van der Waals surface area contributed by atoms with Crippen molar-refractivity contribution in [3.05, 3.63) is 59.8 Å². The molecule has 1 saturated heterocycles. The van der Waals surface area contributed by atoms with E-state index in [1.807, 2.05) is 0 Å². The highest BCUT2D eigenvalue weighted by molar-refractivity contribution is 6.26. The number of hydrogen-bond donors (Lipinski definition) is 2. The summed E-state index contributed by atoms with van der Waals surface area (Å²) in [5.74, 6) is -3.80. The van der Waals surface area contributed by atoms with Gasteiger partial charge in [0.1, 0.15) is 18.3 Å². The molecule has 1 fully saturated rings. The minimum atomic E-state index is -1.12. The molecular formula is C22H16FN7O5. The number of amides is 5. The zero-order chi connectivity index (χ0) is 24.7. The second-order valence-corrected chi connectivity index (χ2v) is 7.88. The Balaban J connectivity index is 1.34. The monoisotopic (exact) mass is 477 g/mol. The first-order valence-corrected chi connectivity index (χ1v) is 10.5. The van der Waals surface area contributed by atoms with E-state index in [0.717, 1.165) is 11.1 Å². The smallest absolute Gasteiger partial charge is 0.264 e. The van der Waals surface area contributed by atoms with Gasteiger partial charge in [-0.3, -0.25) is 39.2 Å². The van der Waals surface area contributed by atoms with Crippen LogP contribution in [0.5, 0.6) is 0 Å². The summed E-state index contributed by atoms with van der Waals surface area (Å²) < 4.78 is 15.1. The number of aromatic nitrogens is 4. The van der Waals surface area contributed by atoms with Crippen LogP contribution in [0.2, 0.25) is 0 Å². The minimum absolute atomic E-state index is 0.00328. The molecule has 5 amide bonds. The molecule has 12 nitrogen and oxygen atoms in total. The highest BCUT2D eigenvalue weighted by atomic mass is 19.1. The summed E-state index contributed by atoms with van der Waals surface area (Å²) in [6.45, 7) is -0.303. The second-order valence-electron chi connectivity index (χ2n) is 7.88. The molecule has 2 aromatic heterocycles. The molecule has 1 atom stereocenters. The number of carbonyl (C=O) groups excluding carboxylic acids is 5. The minimum Gasteiger partial charge on any atom is -0.324 e. The van der Waals surface area contributed by atoms with Gasteiger partial charge in [0.15, 0.2) is 5.82 Å². The van der Waals surface area contributed by atoms with Gasteiger partial charge in [-0.15, -0.1) is 5.10 Å². The van der Waals surface area contributed by atoms with Crippen LogP contribution in [0.1, 0.15) is 33.6 Å². The first-order chi connectivity index (χ1) is 16.8. The number of rotatable bonds is 5. The Labute approximate surface area is 196 Å². The number of fused-ring (bicyclic) bond motifs is 1. The van der Waals surface area contributed by atoms with Crippen molar-refractivity contribution >= 4 is 35.2 Å². The molecule has 4 heterocycles. The van der Waals surface area contributed by atoms with Gasteiger partial charge in [0, 0.05) is 18.2 Å². The standard InChI is InChI=1S/C22H16FN7O5/c23-13-8-24-7-6-11(13)15-9-29(28-27-15)10-18(32)25-14-3-1-2-12-19(14)22(35)30(21(12)34)16-4-5-17(31)26-20(16)33/h1-3,6-9,16H,4-5,10H2,(H,25,32)(H,26,31,33). The molecule has 5 rings (SSSR count). The lowest BCUT2D eigenvalue weighted by Crippen LogP contribution is -2.54. The van der Waals surface area contributed by atoms with Gasteiger partial charge in [-0.1, -0.05) is 11.3 Å². The van der Waals surface area contributed by atoms with Crippen LogP contribution in [0, 0.1) is 5.82 Å². The molecule has 176 valence electrons. The topological polar surface area (TPSA) is 156 Å². The lowest BCUT2D eigenvalue weighted by molar-refractivity contribution is -0.136. The maximum absolute atomic E-state index is 13.9. The Kier molecular flexibility index (Phi) is 5.35. The molecule has 0 aliphatic carbocycles. The van der Waals surface area contributed by atoms with Crippen molar-refractivity contribution in [3.8, 4) is 11.3 Å². The summed E-state index contributed by atoms with van der Waals surface area (Å²) in [5.41, 5.74) is 0.452. The summed E-state index contributed by atoms with van der Waals surface area (Å²) in [6, 6.07) is 4.67. The average Bonchev–Trinajstić information content (AvgIpc) is 3.37. The Hall–Kier alpha value is -4.81. The van der Waals surface area contributed by atoms with Crippen molar-refractivity contribution in [1.82, 2.24) is 30.2 Å². The molecule has 1 aromatic carbocycles. The molecule has 2 N–H and O–H groups in total.